The third-order valence-electron chi connectivity index (χ3n) is 2.45. The average molecular weight is 260 g/mol. The lowest BCUT2D eigenvalue weighted by Crippen LogP contribution is -1.97. The lowest BCUT2D eigenvalue weighted by molar-refractivity contribution is 0.416. The van der Waals surface area contributed by atoms with Gasteiger partial charge in [0, 0.05) is 7.05 Å². The number of methoxy groups -OCH3 is 1. The predicted octanol–water partition coefficient (Wildman–Crippen LogP) is 2.11. The molecule has 5 nitrogen and oxygen atoms in total. The van der Waals surface area contributed by atoms with Crippen molar-refractivity contribution in [3.8, 4) is 23.2 Å². The minimum atomic E-state index is 0.359. The number of para-hydroxylation sites is 1. The number of aromatic nitrogens is 3. The third kappa shape index (κ3) is 2.31. The van der Waals surface area contributed by atoms with Crippen LogP contribution in [0.1, 0.15) is 0 Å². The Balaban J connectivity index is 2.40. The highest BCUT2D eigenvalue weighted by atomic mass is 32.2. The number of benzene rings is 1. The van der Waals surface area contributed by atoms with Crippen LogP contribution >= 0.6 is 11.8 Å². The van der Waals surface area contributed by atoms with Gasteiger partial charge in [0.1, 0.15) is 5.75 Å². The monoisotopic (exact) mass is 260 g/mol. The normalized spacial score (nSPS) is 10.1. The molecule has 0 atom stereocenters. The van der Waals surface area contributed by atoms with E-state index in [1.54, 1.807) is 7.11 Å². The molecule has 2 rings (SSSR count). The fourth-order valence-corrected chi connectivity index (χ4v) is 2.17. The average Bonchev–Trinajstić information content (AvgIpc) is 2.77. The zero-order chi connectivity index (χ0) is 13.0. The second-order valence-electron chi connectivity index (χ2n) is 3.51. The summed E-state index contributed by atoms with van der Waals surface area (Å²) in [5.74, 6) is 1.84. The molecule has 0 aliphatic rings. The van der Waals surface area contributed by atoms with Crippen molar-refractivity contribution in [2.24, 2.45) is 7.05 Å². The molecule has 0 unspecified atom stereocenters. The molecule has 0 spiro atoms. The number of hydrogen-bond acceptors (Lipinski definition) is 5. The second kappa shape index (κ2) is 5.56. The Labute approximate surface area is 109 Å². The molecule has 0 aliphatic carbocycles. The van der Waals surface area contributed by atoms with Crippen molar-refractivity contribution in [2.45, 2.75) is 5.16 Å². The second-order valence-corrected chi connectivity index (χ2v) is 4.45. The van der Waals surface area contributed by atoms with Crippen LogP contribution in [0.25, 0.3) is 11.4 Å². The number of thioether (sulfide) groups is 1. The number of ether oxygens (including phenoxy) is 1. The van der Waals surface area contributed by atoms with Gasteiger partial charge in [0.15, 0.2) is 11.0 Å². The first kappa shape index (κ1) is 12.5. The summed E-state index contributed by atoms with van der Waals surface area (Å²) in [6.07, 6.45) is 0. The summed E-state index contributed by atoms with van der Waals surface area (Å²) in [5.41, 5.74) is 0.888. The van der Waals surface area contributed by atoms with Crippen LogP contribution in [0.2, 0.25) is 0 Å². The first-order valence-corrected chi connectivity index (χ1v) is 6.29. The number of hydrogen-bond donors (Lipinski definition) is 0. The molecule has 1 heterocycles. The van der Waals surface area contributed by atoms with Crippen LogP contribution in [0.5, 0.6) is 5.75 Å². The van der Waals surface area contributed by atoms with E-state index in [0.29, 0.717) is 5.75 Å². The zero-order valence-electron chi connectivity index (χ0n) is 10.1. The quantitative estimate of drug-likeness (QED) is 0.788. The Morgan fingerprint density at radius 1 is 1.39 bits per heavy atom. The molecule has 6 heteroatoms. The molecule has 0 saturated heterocycles. The van der Waals surface area contributed by atoms with E-state index in [9.17, 15) is 0 Å². The van der Waals surface area contributed by atoms with E-state index in [1.807, 2.05) is 35.9 Å². The Hall–Kier alpha value is -2.00. The van der Waals surface area contributed by atoms with E-state index >= 15 is 0 Å². The molecule has 0 aliphatic heterocycles. The fourth-order valence-electron chi connectivity index (χ4n) is 1.60. The highest BCUT2D eigenvalue weighted by Crippen LogP contribution is 2.29. The van der Waals surface area contributed by atoms with Gasteiger partial charge < -0.3 is 9.30 Å². The maximum atomic E-state index is 8.58. The van der Waals surface area contributed by atoms with Gasteiger partial charge in [-0.05, 0) is 12.1 Å². The Bertz CT molecular complexity index is 588. The highest BCUT2D eigenvalue weighted by Gasteiger charge is 2.14. The van der Waals surface area contributed by atoms with Gasteiger partial charge in [-0.2, -0.15) is 5.26 Å². The molecule has 1 aromatic heterocycles. The number of rotatable bonds is 4. The van der Waals surface area contributed by atoms with Gasteiger partial charge >= 0.3 is 0 Å². The molecule has 0 N–H and O–H groups in total. The minimum Gasteiger partial charge on any atom is -0.496 e. The summed E-state index contributed by atoms with van der Waals surface area (Å²) >= 11 is 1.36. The largest absolute Gasteiger partial charge is 0.496 e. The van der Waals surface area contributed by atoms with Crippen molar-refractivity contribution in [1.29, 1.82) is 5.26 Å². The topological polar surface area (TPSA) is 63.7 Å². The third-order valence-corrected chi connectivity index (χ3v) is 3.34. The lowest BCUT2D eigenvalue weighted by Gasteiger charge is -2.07. The molecule has 0 fully saturated rings. The molecule has 18 heavy (non-hydrogen) atoms. The summed E-state index contributed by atoms with van der Waals surface area (Å²) in [6.45, 7) is 0. The van der Waals surface area contributed by atoms with Crippen LogP contribution in [-0.4, -0.2) is 27.6 Å². The Morgan fingerprint density at radius 3 is 2.89 bits per heavy atom. The molecule has 0 saturated carbocycles. The SMILES string of the molecule is COc1ccccc1-c1nnc(SCC#N)n1C. The molecule has 0 amide bonds. The van der Waals surface area contributed by atoms with Crippen LogP contribution in [0.3, 0.4) is 0 Å². The summed E-state index contributed by atoms with van der Waals surface area (Å²) in [6, 6.07) is 9.72. The van der Waals surface area contributed by atoms with Crippen LogP contribution in [-0.2, 0) is 7.05 Å². The zero-order valence-corrected chi connectivity index (χ0v) is 10.9. The van der Waals surface area contributed by atoms with E-state index < -0.39 is 0 Å². The number of nitrogens with zero attached hydrogens (tertiary/aromatic N) is 4. The molecule has 0 radical (unpaired) electrons. The van der Waals surface area contributed by atoms with Gasteiger partial charge in [0.2, 0.25) is 0 Å². The standard InChI is InChI=1S/C12H12N4OS/c1-16-11(14-15-12(16)18-8-7-13)9-5-3-4-6-10(9)17-2/h3-6H,8H2,1-2H3. The summed E-state index contributed by atoms with van der Waals surface area (Å²) < 4.78 is 7.17. The fraction of sp³-hybridized carbons (Fsp3) is 0.250. The molecular weight excluding hydrogens is 248 g/mol. The molecule has 1 aromatic carbocycles. The van der Waals surface area contributed by atoms with Gasteiger partial charge in [-0.1, -0.05) is 23.9 Å². The maximum absolute atomic E-state index is 8.58. The first-order valence-electron chi connectivity index (χ1n) is 5.30. The van der Waals surface area contributed by atoms with Crippen molar-refractivity contribution in [3.63, 3.8) is 0 Å². The molecule has 92 valence electrons. The molecular formula is C12H12N4OS. The Kier molecular flexibility index (Phi) is 3.85. The Morgan fingerprint density at radius 2 is 2.17 bits per heavy atom. The van der Waals surface area contributed by atoms with Crippen molar-refractivity contribution >= 4 is 11.8 Å². The van der Waals surface area contributed by atoms with Gasteiger partial charge in [-0.15, -0.1) is 10.2 Å². The van der Waals surface area contributed by atoms with E-state index in [4.69, 9.17) is 10.00 Å². The smallest absolute Gasteiger partial charge is 0.192 e. The van der Waals surface area contributed by atoms with Gasteiger partial charge in [0.05, 0.1) is 24.5 Å². The van der Waals surface area contributed by atoms with E-state index in [0.717, 1.165) is 22.3 Å². The van der Waals surface area contributed by atoms with E-state index in [-0.39, 0.29) is 0 Å². The predicted molar refractivity (Wildman–Crippen MR) is 69.3 cm³/mol. The molecule has 0 bridgehead atoms. The van der Waals surface area contributed by atoms with Gasteiger partial charge in [0.25, 0.3) is 0 Å². The van der Waals surface area contributed by atoms with Crippen LogP contribution in [0.4, 0.5) is 0 Å². The van der Waals surface area contributed by atoms with Crippen LogP contribution < -0.4 is 4.74 Å². The first-order chi connectivity index (χ1) is 8.77. The van der Waals surface area contributed by atoms with Crippen molar-refractivity contribution in [3.05, 3.63) is 24.3 Å². The van der Waals surface area contributed by atoms with Crippen molar-refractivity contribution in [2.75, 3.05) is 12.9 Å². The van der Waals surface area contributed by atoms with Crippen molar-refractivity contribution < 1.29 is 4.74 Å². The lowest BCUT2D eigenvalue weighted by atomic mass is 10.2. The molecule has 2 aromatic rings. The summed E-state index contributed by atoms with van der Waals surface area (Å²) in [7, 11) is 3.50. The van der Waals surface area contributed by atoms with Gasteiger partial charge in [-0.3, -0.25) is 0 Å². The van der Waals surface area contributed by atoms with E-state index in [2.05, 4.69) is 16.3 Å². The van der Waals surface area contributed by atoms with Crippen molar-refractivity contribution in [1.82, 2.24) is 14.8 Å². The van der Waals surface area contributed by atoms with E-state index in [1.165, 1.54) is 11.8 Å². The maximum Gasteiger partial charge on any atom is 0.192 e. The van der Waals surface area contributed by atoms with Crippen LogP contribution in [0.15, 0.2) is 29.4 Å². The van der Waals surface area contributed by atoms with Gasteiger partial charge in [-0.25, -0.2) is 0 Å². The highest BCUT2D eigenvalue weighted by molar-refractivity contribution is 7.99. The summed E-state index contributed by atoms with van der Waals surface area (Å²) in [5, 5.41) is 17.5. The minimum absolute atomic E-state index is 0.359. The van der Waals surface area contributed by atoms with Crippen LogP contribution in [0, 0.1) is 11.3 Å². The summed E-state index contributed by atoms with van der Waals surface area (Å²) in [4.78, 5) is 0. The number of nitriles is 1.